The van der Waals surface area contributed by atoms with Gasteiger partial charge in [0.2, 0.25) is 10.0 Å². The van der Waals surface area contributed by atoms with Gasteiger partial charge in [-0.3, -0.25) is 10.1 Å². The molecule has 0 spiro atoms. The van der Waals surface area contributed by atoms with Gasteiger partial charge in [0.25, 0.3) is 5.91 Å². The lowest BCUT2D eigenvalue weighted by Gasteiger charge is -2.26. The number of fused-ring (bicyclic) bond motifs is 2. The smallest absolute Gasteiger partial charge is 0.293 e. The Morgan fingerprint density at radius 2 is 2.11 bits per heavy atom. The van der Waals surface area contributed by atoms with Crippen LogP contribution in [0.15, 0.2) is 34.7 Å². The van der Waals surface area contributed by atoms with Gasteiger partial charge >= 0.3 is 0 Å². The predicted molar refractivity (Wildman–Crippen MR) is 104 cm³/mol. The SMILES string of the molecule is CC(C)S(=O)(=O)N1CCc2nc(NC(=O)c3cc4ccccc4o3)sc2C1. The van der Waals surface area contributed by atoms with Gasteiger partial charge in [-0.05, 0) is 26.0 Å². The molecule has 1 aliphatic rings. The molecule has 0 bridgehead atoms. The summed E-state index contributed by atoms with van der Waals surface area (Å²) in [4.78, 5) is 17.8. The average Bonchev–Trinajstić information content (AvgIpc) is 3.24. The third-order valence-corrected chi connectivity index (χ3v) is 7.74. The van der Waals surface area contributed by atoms with Crippen molar-refractivity contribution < 1.29 is 17.6 Å². The highest BCUT2D eigenvalue weighted by Crippen LogP contribution is 2.30. The third kappa shape index (κ3) is 3.38. The Balaban J connectivity index is 1.52. The van der Waals surface area contributed by atoms with Crippen LogP contribution in [0.2, 0.25) is 0 Å². The van der Waals surface area contributed by atoms with E-state index in [1.807, 2.05) is 18.2 Å². The second-order valence-corrected chi connectivity index (χ2v) is 10.2. The molecule has 1 N–H and O–H groups in total. The first-order valence-electron chi connectivity index (χ1n) is 8.62. The quantitative estimate of drug-likeness (QED) is 0.719. The van der Waals surface area contributed by atoms with Gasteiger partial charge in [-0.25, -0.2) is 13.4 Å². The molecule has 4 rings (SSSR count). The number of aromatic nitrogens is 1. The Morgan fingerprint density at radius 1 is 1.33 bits per heavy atom. The molecule has 0 fully saturated rings. The van der Waals surface area contributed by atoms with Crippen molar-refractivity contribution in [1.82, 2.24) is 9.29 Å². The van der Waals surface area contributed by atoms with Crippen molar-refractivity contribution in [1.29, 1.82) is 0 Å². The van der Waals surface area contributed by atoms with Gasteiger partial charge < -0.3 is 4.42 Å². The summed E-state index contributed by atoms with van der Waals surface area (Å²) >= 11 is 1.31. The molecule has 0 radical (unpaired) electrons. The van der Waals surface area contributed by atoms with Gasteiger partial charge in [0, 0.05) is 29.8 Å². The molecule has 0 aliphatic carbocycles. The molecular weight excluding hydrogens is 386 g/mol. The van der Waals surface area contributed by atoms with Crippen LogP contribution in [-0.4, -0.2) is 35.4 Å². The maximum atomic E-state index is 12.5. The third-order valence-electron chi connectivity index (χ3n) is 4.52. The van der Waals surface area contributed by atoms with Crippen molar-refractivity contribution >= 4 is 43.4 Å². The predicted octanol–water partition coefficient (Wildman–Crippen LogP) is 3.24. The minimum absolute atomic E-state index is 0.216. The summed E-state index contributed by atoms with van der Waals surface area (Å²) in [6, 6.07) is 9.10. The van der Waals surface area contributed by atoms with Gasteiger partial charge in [0.05, 0.1) is 10.9 Å². The van der Waals surface area contributed by atoms with Crippen molar-refractivity contribution in [2.45, 2.75) is 32.1 Å². The van der Waals surface area contributed by atoms with Crippen molar-refractivity contribution in [3.05, 3.63) is 46.7 Å². The van der Waals surface area contributed by atoms with E-state index in [2.05, 4.69) is 10.3 Å². The van der Waals surface area contributed by atoms with E-state index in [4.69, 9.17) is 4.42 Å². The summed E-state index contributed by atoms with van der Waals surface area (Å²) in [5.41, 5.74) is 1.49. The average molecular weight is 406 g/mol. The summed E-state index contributed by atoms with van der Waals surface area (Å²) in [6.07, 6.45) is 0.540. The number of sulfonamides is 1. The maximum absolute atomic E-state index is 12.5. The molecule has 3 aromatic rings. The first-order valence-corrected chi connectivity index (χ1v) is 10.9. The zero-order valence-corrected chi connectivity index (χ0v) is 16.6. The summed E-state index contributed by atoms with van der Waals surface area (Å²) in [6.45, 7) is 4.06. The topological polar surface area (TPSA) is 92.5 Å². The normalized spacial score (nSPS) is 15.2. The van der Waals surface area contributed by atoms with Crippen LogP contribution in [0.4, 0.5) is 5.13 Å². The fraction of sp³-hybridized carbons (Fsp3) is 0.333. The lowest BCUT2D eigenvalue weighted by atomic mass is 10.2. The Kier molecular flexibility index (Phi) is 4.53. The number of thiazole rings is 1. The largest absolute Gasteiger partial charge is 0.451 e. The number of anilines is 1. The van der Waals surface area contributed by atoms with Crippen LogP contribution in [0.5, 0.6) is 0 Å². The molecule has 0 saturated heterocycles. The van der Waals surface area contributed by atoms with E-state index in [9.17, 15) is 13.2 Å². The van der Waals surface area contributed by atoms with Crippen LogP contribution in [0.25, 0.3) is 11.0 Å². The van der Waals surface area contributed by atoms with E-state index in [-0.39, 0.29) is 11.7 Å². The van der Waals surface area contributed by atoms with E-state index >= 15 is 0 Å². The van der Waals surface area contributed by atoms with Crippen LogP contribution >= 0.6 is 11.3 Å². The molecule has 7 nitrogen and oxygen atoms in total. The molecule has 3 heterocycles. The van der Waals surface area contributed by atoms with E-state index in [0.717, 1.165) is 16.0 Å². The standard InChI is InChI=1S/C18H19N3O4S2/c1-11(2)27(23,24)21-8-7-13-16(10-21)26-18(19-13)20-17(22)15-9-12-5-3-4-6-14(12)25-15/h3-6,9,11H,7-8,10H2,1-2H3,(H,19,20,22). The number of benzene rings is 1. The highest BCUT2D eigenvalue weighted by atomic mass is 32.2. The summed E-state index contributed by atoms with van der Waals surface area (Å²) in [5, 5.41) is 3.61. The number of carbonyl (C=O) groups excluding carboxylic acids is 1. The molecule has 0 unspecified atom stereocenters. The summed E-state index contributed by atoms with van der Waals surface area (Å²) in [7, 11) is -3.30. The van der Waals surface area contributed by atoms with Gasteiger partial charge in [0.1, 0.15) is 5.58 Å². The van der Waals surface area contributed by atoms with E-state index in [1.54, 1.807) is 26.0 Å². The van der Waals surface area contributed by atoms with Gasteiger partial charge in [0.15, 0.2) is 10.9 Å². The van der Waals surface area contributed by atoms with Crippen LogP contribution in [0.1, 0.15) is 35.0 Å². The second-order valence-electron chi connectivity index (χ2n) is 6.67. The van der Waals surface area contributed by atoms with Crippen molar-refractivity contribution in [3.63, 3.8) is 0 Å². The number of amides is 1. The summed E-state index contributed by atoms with van der Waals surface area (Å²) in [5.74, 6) is -0.155. The maximum Gasteiger partial charge on any atom is 0.293 e. The van der Waals surface area contributed by atoms with Crippen LogP contribution in [0.3, 0.4) is 0 Å². The zero-order valence-electron chi connectivity index (χ0n) is 14.9. The summed E-state index contributed by atoms with van der Waals surface area (Å²) < 4.78 is 31.8. The molecular formula is C18H19N3O4S2. The van der Waals surface area contributed by atoms with Crippen molar-refractivity contribution in [2.24, 2.45) is 0 Å². The Bertz CT molecular complexity index is 1080. The lowest BCUT2D eigenvalue weighted by molar-refractivity contribution is 0.0998. The highest BCUT2D eigenvalue weighted by molar-refractivity contribution is 7.89. The molecule has 0 atom stereocenters. The number of nitrogens with zero attached hydrogens (tertiary/aromatic N) is 2. The molecule has 1 aromatic carbocycles. The van der Waals surface area contributed by atoms with E-state index in [1.165, 1.54) is 15.6 Å². The molecule has 27 heavy (non-hydrogen) atoms. The number of hydrogen-bond acceptors (Lipinski definition) is 6. The first kappa shape index (κ1) is 18.1. The van der Waals surface area contributed by atoms with Gasteiger partial charge in [-0.15, -0.1) is 11.3 Å². The minimum Gasteiger partial charge on any atom is -0.451 e. The van der Waals surface area contributed by atoms with E-state index in [0.29, 0.717) is 30.2 Å². The van der Waals surface area contributed by atoms with Crippen LogP contribution in [0, 0.1) is 0 Å². The number of nitrogens with one attached hydrogen (secondary N) is 1. The number of hydrogen-bond donors (Lipinski definition) is 1. The van der Waals surface area contributed by atoms with Gasteiger partial charge in [-0.2, -0.15) is 4.31 Å². The monoisotopic (exact) mass is 405 g/mol. The Labute approximate surface area is 161 Å². The number of carbonyl (C=O) groups is 1. The van der Waals surface area contributed by atoms with Crippen LogP contribution in [-0.2, 0) is 23.0 Å². The van der Waals surface area contributed by atoms with Crippen molar-refractivity contribution in [3.8, 4) is 0 Å². The highest BCUT2D eigenvalue weighted by Gasteiger charge is 2.31. The number of para-hydroxylation sites is 1. The molecule has 1 amide bonds. The number of rotatable bonds is 4. The second kappa shape index (κ2) is 6.74. The van der Waals surface area contributed by atoms with Crippen molar-refractivity contribution in [2.75, 3.05) is 11.9 Å². The fourth-order valence-electron chi connectivity index (χ4n) is 2.99. The Morgan fingerprint density at radius 3 is 2.85 bits per heavy atom. The molecule has 1 aliphatic heterocycles. The molecule has 142 valence electrons. The number of furan rings is 1. The van der Waals surface area contributed by atoms with Gasteiger partial charge in [-0.1, -0.05) is 18.2 Å². The Hall–Kier alpha value is -2.23. The lowest BCUT2D eigenvalue weighted by Crippen LogP contribution is -2.39. The van der Waals surface area contributed by atoms with E-state index < -0.39 is 15.3 Å². The molecule has 0 saturated carbocycles. The molecule has 2 aromatic heterocycles. The minimum atomic E-state index is -3.30. The zero-order chi connectivity index (χ0) is 19.2. The molecule has 9 heteroatoms. The fourth-order valence-corrected chi connectivity index (χ4v) is 5.35. The first-order chi connectivity index (χ1) is 12.8. The van der Waals surface area contributed by atoms with Crippen LogP contribution < -0.4 is 5.32 Å².